The Kier molecular flexibility index (Phi) is 5.74. The molecule has 0 fully saturated rings. The summed E-state index contributed by atoms with van der Waals surface area (Å²) >= 11 is 3.34. The van der Waals surface area contributed by atoms with Crippen LogP contribution in [0.4, 0.5) is 0 Å². The summed E-state index contributed by atoms with van der Waals surface area (Å²) in [6.45, 7) is 5.21. The number of benzene rings is 1. The third-order valence-electron chi connectivity index (χ3n) is 3.38. The van der Waals surface area contributed by atoms with E-state index in [0.29, 0.717) is 12.8 Å². The lowest BCUT2D eigenvalue weighted by Gasteiger charge is -2.27. The van der Waals surface area contributed by atoms with Gasteiger partial charge in [0.1, 0.15) is 5.54 Å². The topological polar surface area (TPSA) is 66.4 Å². The van der Waals surface area contributed by atoms with E-state index in [1.165, 1.54) is 0 Å². The van der Waals surface area contributed by atoms with Crippen molar-refractivity contribution in [2.24, 2.45) is 0 Å². The highest BCUT2D eigenvalue weighted by Crippen LogP contribution is 2.21. The predicted molar refractivity (Wildman–Crippen MR) is 81.6 cm³/mol. The molecule has 0 heterocycles. The SMILES string of the molecule is CCCC(C)(NC(=O)C(C)c1ccc(Br)cc1)C(=O)O. The Labute approximate surface area is 127 Å². The Morgan fingerprint density at radius 3 is 2.35 bits per heavy atom. The quantitative estimate of drug-likeness (QED) is 0.834. The van der Waals surface area contributed by atoms with Crippen molar-refractivity contribution in [2.75, 3.05) is 0 Å². The van der Waals surface area contributed by atoms with E-state index in [0.717, 1.165) is 10.0 Å². The third-order valence-corrected chi connectivity index (χ3v) is 3.91. The van der Waals surface area contributed by atoms with Gasteiger partial charge in [-0.3, -0.25) is 4.79 Å². The summed E-state index contributed by atoms with van der Waals surface area (Å²) in [5.74, 6) is -1.67. The summed E-state index contributed by atoms with van der Waals surface area (Å²) in [5, 5.41) is 11.9. The number of carboxylic acid groups (broad SMARTS) is 1. The molecular weight excluding hydrogens is 322 g/mol. The number of aliphatic carboxylic acids is 1. The van der Waals surface area contributed by atoms with E-state index in [1.54, 1.807) is 13.8 Å². The molecule has 0 aromatic heterocycles. The zero-order chi connectivity index (χ0) is 15.3. The molecule has 2 atom stereocenters. The number of amides is 1. The van der Waals surface area contributed by atoms with Crippen LogP contribution in [-0.2, 0) is 9.59 Å². The van der Waals surface area contributed by atoms with Crippen LogP contribution in [0.3, 0.4) is 0 Å². The van der Waals surface area contributed by atoms with E-state index in [-0.39, 0.29) is 5.91 Å². The number of hydrogen-bond acceptors (Lipinski definition) is 2. The van der Waals surface area contributed by atoms with Gasteiger partial charge in [0.15, 0.2) is 0 Å². The number of carbonyl (C=O) groups is 2. The molecule has 0 bridgehead atoms. The van der Waals surface area contributed by atoms with Gasteiger partial charge < -0.3 is 10.4 Å². The zero-order valence-corrected chi connectivity index (χ0v) is 13.5. The second-order valence-electron chi connectivity index (χ2n) is 5.15. The standard InChI is InChI=1S/C15H20BrNO3/c1-4-9-15(3,14(19)20)17-13(18)10(2)11-5-7-12(16)8-6-11/h5-8,10H,4,9H2,1-3H3,(H,17,18)(H,19,20). The molecule has 2 N–H and O–H groups in total. The lowest BCUT2D eigenvalue weighted by molar-refractivity contribution is -0.147. The van der Waals surface area contributed by atoms with Crippen LogP contribution >= 0.6 is 15.9 Å². The zero-order valence-electron chi connectivity index (χ0n) is 11.9. The summed E-state index contributed by atoms with van der Waals surface area (Å²) in [6.07, 6.45) is 1.09. The minimum atomic E-state index is -1.21. The molecule has 0 saturated carbocycles. The van der Waals surface area contributed by atoms with Crippen LogP contribution in [0, 0.1) is 0 Å². The highest BCUT2D eigenvalue weighted by molar-refractivity contribution is 9.10. The molecule has 0 aliphatic carbocycles. The van der Waals surface area contributed by atoms with Crippen LogP contribution < -0.4 is 5.32 Å². The van der Waals surface area contributed by atoms with E-state index in [4.69, 9.17) is 0 Å². The second-order valence-corrected chi connectivity index (χ2v) is 6.07. The Bertz CT molecular complexity index is 486. The lowest BCUT2D eigenvalue weighted by atomic mass is 9.93. The monoisotopic (exact) mass is 341 g/mol. The van der Waals surface area contributed by atoms with E-state index in [1.807, 2.05) is 31.2 Å². The Hall–Kier alpha value is -1.36. The summed E-state index contributed by atoms with van der Waals surface area (Å²) in [4.78, 5) is 23.6. The normalized spacial score (nSPS) is 15.2. The fraction of sp³-hybridized carbons (Fsp3) is 0.467. The van der Waals surface area contributed by atoms with Crippen LogP contribution in [0.2, 0.25) is 0 Å². The molecule has 2 unspecified atom stereocenters. The minimum Gasteiger partial charge on any atom is -0.480 e. The average molecular weight is 342 g/mol. The van der Waals surface area contributed by atoms with Gasteiger partial charge in [0.25, 0.3) is 0 Å². The fourth-order valence-corrected chi connectivity index (χ4v) is 2.27. The maximum atomic E-state index is 12.2. The van der Waals surface area contributed by atoms with Gasteiger partial charge in [0.05, 0.1) is 5.92 Å². The van der Waals surface area contributed by atoms with Crippen LogP contribution in [0.15, 0.2) is 28.7 Å². The highest BCUT2D eigenvalue weighted by Gasteiger charge is 2.35. The second kappa shape index (κ2) is 6.88. The first-order valence-electron chi connectivity index (χ1n) is 6.61. The number of halogens is 1. The van der Waals surface area contributed by atoms with Gasteiger partial charge in [-0.15, -0.1) is 0 Å². The van der Waals surface area contributed by atoms with Crippen LogP contribution in [-0.4, -0.2) is 22.5 Å². The van der Waals surface area contributed by atoms with Crippen LogP contribution in [0.1, 0.15) is 45.1 Å². The maximum absolute atomic E-state index is 12.2. The molecule has 1 amide bonds. The van der Waals surface area contributed by atoms with Gasteiger partial charge >= 0.3 is 5.97 Å². The van der Waals surface area contributed by atoms with Gasteiger partial charge in [0.2, 0.25) is 5.91 Å². The van der Waals surface area contributed by atoms with E-state index in [2.05, 4.69) is 21.2 Å². The van der Waals surface area contributed by atoms with Crippen molar-refractivity contribution >= 4 is 27.8 Å². The van der Waals surface area contributed by atoms with Gasteiger partial charge in [-0.25, -0.2) is 4.79 Å². The largest absolute Gasteiger partial charge is 0.480 e. The van der Waals surface area contributed by atoms with E-state index in [9.17, 15) is 14.7 Å². The first-order valence-corrected chi connectivity index (χ1v) is 7.40. The molecule has 0 saturated heterocycles. The molecule has 1 aromatic carbocycles. The van der Waals surface area contributed by atoms with Gasteiger partial charge in [-0.2, -0.15) is 0 Å². The van der Waals surface area contributed by atoms with Gasteiger partial charge in [-0.1, -0.05) is 41.4 Å². The Morgan fingerprint density at radius 1 is 1.35 bits per heavy atom. The van der Waals surface area contributed by atoms with Gasteiger partial charge in [-0.05, 0) is 38.0 Å². The molecule has 0 aliphatic rings. The lowest BCUT2D eigenvalue weighted by Crippen LogP contribution is -2.53. The summed E-state index contributed by atoms with van der Waals surface area (Å²) in [5.41, 5.74) is -0.356. The van der Waals surface area contributed by atoms with Crippen molar-refractivity contribution in [2.45, 2.75) is 45.1 Å². The highest BCUT2D eigenvalue weighted by atomic mass is 79.9. The van der Waals surface area contributed by atoms with Crippen LogP contribution in [0.5, 0.6) is 0 Å². The number of hydrogen-bond donors (Lipinski definition) is 2. The number of rotatable bonds is 6. The first kappa shape index (κ1) is 16.7. The number of nitrogens with one attached hydrogen (secondary N) is 1. The number of carbonyl (C=O) groups excluding carboxylic acids is 1. The fourth-order valence-electron chi connectivity index (χ4n) is 2.01. The molecule has 1 aromatic rings. The summed E-state index contributed by atoms with van der Waals surface area (Å²) in [6, 6.07) is 7.43. The summed E-state index contributed by atoms with van der Waals surface area (Å²) in [7, 11) is 0. The van der Waals surface area contributed by atoms with Crippen molar-refractivity contribution in [3.05, 3.63) is 34.3 Å². The molecule has 20 heavy (non-hydrogen) atoms. The van der Waals surface area contributed by atoms with Gasteiger partial charge in [0, 0.05) is 4.47 Å². The minimum absolute atomic E-state index is 0.273. The average Bonchev–Trinajstić information content (AvgIpc) is 2.38. The molecule has 5 heteroatoms. The molecule has 0 radical (unpaired) electrons. The molecule has 1 rings (SSSR count). The third kappa shape index (κ3) is 4.07. The molecule has 0 spiro atoms. The van der Waals surface area contributed by atoms with Crippen molar-refractivity contribution in [3.8, 4) is 0 Å². The van der Waals surface area contributed by atoms with Crippen molar-refractivity contribution < 1.29 is 14.7 Å². The maximum Gasteiger partial charge on any atom is 0.329 e. The molecular formula is C15H20BrNO3. The molecule has 0 aliphatic heterocycles. The molecule has 4 nitrogen and oxygen atoms in total. The van der Waals surface area contributed by atoms with Crippen LogP contribution in [0.25, 0.3) is 0 Å². The molecule has 110 valence electrons. The van der Waals surface area contributed by atoms with E-state index >= 15 is 0 Å². The summed E-state index contributed by atoms with van der Waals surface area (Å²) < 4.78 is 0.940. The van der Waals surface area contributed by atoms with Crippen molar-refractivity contribution in [3.63, 3.8) is 0 Å². The number of carboxylic acids is 1. The first-order chi connectivity index (χ1) is 9.30. The van der Waals surface area contributed by atoms with Crippen molar-refractivity contribution in [1.82, 2.24) is 5.32 Å². The van der Waals surface area contributed by atoms with E-state index < -0.39 is 17.4 Å². The smallest absolute Gasteiger partial charge is 0.329 e. The van der Waals surface area contributed by atoms with Crippen molar-refractivity contribution in [1.29, 1.82) is 0 Å². The Morgan fingerprint density at radius 2 is 1.90 bits per heavy atom. The Balaban J connectivity index is 2.83. The predicted octanol–water partition coefficient (Wildman–Crippen LogP) is 3.31.